The Morgan fingerprint density at radius 1 is 1.14 bits per heavy atom. The van der Waals surface area contributed by atoms with Crippen LogP contribution in [0.15, 0.2) is 42.0 Å². The highest BCUT2D eigenvalue weighted by atomic mass is 32.2. The Hall–Kier alpha value is -3.28. The first kappa shape index (κ1) is 31.7. The number of amides is 1. The number of aliphatic hydroxyl groups excluding tert-OH is 1. The Labute approximate surface area is 244 Å². The topological polar surface area (TPSA) is 158 Å². The van der Waals surface area contributed by atoms with Crippen molar-refractivity contribution in [2.75, 3.05) is 64.8 Å². The molecule has 2 aliphatic heterocycles. The summed E-state index contributed by atoms with van der Waals surface area (Å²) in [5.74, 6) is -0.371. The Bertz CT molecular complexity index is 1590. The van der Waals surface area contributed by atoms with Crippen molar-refractivity contribution in [1.29, 1.82) is 0 Å². The number of anilines is 1. The van der Waals surface area contributed by atoms with Gasteiger partial charge in [0.05, 0.1) is 11.9 Å². The second kappa shape index (κ2) is 12.5. The zero-order chi connectivity index (χ0) is 30.8. The van der Waals surface area contributed by atoms with Gasteiger partial charge in [-0.05, 0) is 29.3 Å². The number of carbonyl (C=O) groups is 1. The summed E-state index contributed by atoms with van der Waals surface area (Å²) in [5, 5.41) is 11.1. The molecule has 1 atom stereocenters. The van der Waals surface area contributed by atoms with Gasteiger partial charge in [-0.25, -0.2) is 22.3 Å². The van der Waals surface area contributed by atoms with Gasteiger partial charge in [-0.15, -0.1) is 0 Å². The number of piperazine rings is 1. The van der Waals surface area contributed by atoms with E-state index in [-0.39, 0.29) is 48.8 Å². The molecule has 0 aliphatic carbocycles. The monoisotopic (exact) mass is 627 g/mol. The third kappa shape index (κ3) is 7.37. The van der Waals surface area contributed by atoms with Crippen molar-refractivity contribution in [2.45, 2.75) is 12.7 Å². The number of benzene rings is 2. The number of ether oxygens (including phenoxy) is 2. The van der Waals surface area contributed by atoms with Crippen molar-refractivity contribution in [3.63, 3.8) is 0 Å². The Balaban J connectivity index is 1.72. The van der Waals surface area contributed by atoms with Gasteiger partial charge >= 0.3 is 6.09 Å². The minimum Gasteiger partial charge on any atom is -0.460 e. The third-order valence-corrected chi connectivity index (χ3v) is 9.26. The number of nitrogens with zero attached hydrogens (tertiary/aromatic N) is 3. The highest BCUT2D eigenvalue weighted by molar-refractivity contribution is 7.90. The molecule has 1 amide bonds. The second-order valence-corrected chi connectivity index (χ2v) is 13.7. The number of halogens is 1. The summed E-state index contributed by atoms with van der Waals surface area (Å²) in [5.41, 5.74) is 1.40. The number of carbonyl (C=O) groups excluding carboxylic acids is 1. The number of hydrogen-bond donors (Lipinski definition) is 3. The molecule has 16 heteroatoms. The molecule has 4 rings (SSSR count). The molecule has 0 bridgehead atoms. The minimum absolute atomic E-state index is 0.114. The highest BCUT2D eigenvalue weighted by Gasteiger charge is 2.32. The zero-order valence-corrected chi connectivity index (χ0v) is 25.3. The molecule has 2 aliphatic rings. The summed E-state index contributed by atoms with van der Waals surface area (Å²) in [6.45, 7) is 1.70. The Morgan fingerprint density at radius 3 is 2.45 bits per heavy atom. The van der Waals surface area contributed by atoms with Crippen LogP contribution in [0.4, 0.5) is 14.9 Å². The first-order valence-corrected chi connectivity index (χ1v) is 16.3. The largest absolute Gasteiger partial charge is 0.460 e. The first-order valence-electron chi connectivity index (χ1n) is 12.9. The molecule has 2 aromatic carbocycles. The van der Waals surface area contributed by atoms with Crippen molar-refractivity contribution in [3.05, 3.63) is 58.9 Å². The number of fused-ring (bicyclic) bond motifs is 1. The van der Waals surface area contributed by atoms with Crippen LogP contribution in [0.25, 0.3) is 5.57 Å². The average molecular weight is 628 g/mol. The van der Waals surface area contributed by atoms with Gasteiger partial charge in [0, 0.05) is 77.5 Å². The van der Waals surface area contributed by atoms with Crippen LogP contribution >= 0.6 is 0 Å². The van der Waals surface area contributed by atoms with Gasteiger partial charge in [-0.2, -0.15) is 12.7 Å². The van der Waals surface area contributed by atoms with E-state index in [0.29, 0.717) is 29.8 Å². The van der Waals surface area contributed by atoms with E-state index in [1.165, 1.54) is 54.6 Å². The lowest BCUT2D eigenvalue weighted by Gasteiger charge is -2.36. The van der Waals surface area contributed by atoms with Gasteiger partial charge in [0.25, 0.3) is 10.2 Å². The maximum absolute atomic E-state index is 15.5. The molecule has 1 saturated heterocycles. The molecule has 3 N–H and O–H groups in total. The molecule has 230 valence electrons. The molecule has 1 unspecified atom stereocenters. The molecule has 2 heterocycles. The van der Waals surface area contributed by atoms with E-state index in [9.17, 15) is 26.7 Å². The van der Waals surface area contributed by atoms with Gasteiger partial charge in [0.15, 0.2) is 5.82 Å². The summed E-state index contributed by atoms with van der Waals surface area (Å²) < 4.78 is 80.1. The van der Waals surface area contributed by atoms with E-state index in [1.54, 1.807) is 12.1 Å². The summed E-state index contributed by atoms with van der Waals surface area (Å²) in [6.07, 6.45) is -1.05. The molecule has 0 spiro atoms. The molecular formula is C26H34FN5O8S2. The van der Waals surface area contributed by atoms with E-state index in [1.807, 2.05) is 4.90 Å². The van der Waals surface area contributed by atoms with Gasteiger partial charge in [0.1, 0.15) is 11.5 Å². The first-order chi connectivity index (χ1) is 19.7. The highest BCUT2D eigenvalue weighted by Crippen LogP contribution is 2.40. The van der Waals surface area contributed by atoms with E-state index < -0.39 is 38.4 Å². The van der Waals surface area contributed by atoms with Crippen LogP contribution in [0.2, 0.25) is 0 Å². The van der Waals surface area contributed by atoms with Crippen LogP contribution in [0, 0.1) is 5.82 Å². The van der Waals surface area contributed by atoms with Crippen molar-refractivity contribution in [3.8, 4) is 11.5 Å². The number of hydrogen-bond acceptors (Lipinski definition) is 9. The van der Waals surface area contributed by atoms with Crippen LogP contribution in [0.5, 0.6) is 11.5 Å². The minimum atomic E-state index is -3.98. The lowest BCUT2D eigenvalue weighted by atomic mass is 9.91. The SMILES string of the molecule is CNS(=O)(=O)Nc1cccc(CC2=C(CN3CCN(S(C)(=O)=O)CC3)c3ccc(OC(=O)N(C)C)cc3OC2O)c1F. The quantitative estimate of drug-likeness (QED) is 0.370. The van der Waals surface area contributed by atoms with Crippen LogP contribution in [0.3, 0.4) is 0 Å². The fourth-order valence-electron chi connectivity index (χ4n) is 4.64. The number of aliphatic hydroxyl groups is 1. The number of nitrogens with one attached hydrogen (secondary N) is 2. The fourth-order valence-corrected chi connectivity index (χ4v) is 6.01. The van der Waals surface area contributed by atoms with Crippen LogP contribution in [-0.4, -0.2) is 109 Å². The van der Waals surface area contributed by atoms with Crippen LogP contribution in [0.1, 0.15) is 11.1 Å². The predicted octanol–water partition coefficient (Wildman–Crippen LogP) is 1.05. The van der Waals surface area contributed by atoms with E-state index in [0.717, 1.165) is 6.26 Å². The maximum Gasteiger partial charge on any atom is 0.414 e. The maximum atomic E-state index is 15.5. The summed E-state index contributed by atoms with van der Waals surface area (Å²) in [6, 6.07) is 8.99. The molecular weight excluding hydrogens is 593 g/mol. The van der Waals surface area contributed by atoms with Gasteiger partial charge < -0.3 is 19.5 Å². The summed E-state index contributed by atoms with van der Waals surface area (Å²) >= 11 is 0. The smallest absolute Gasteiger partial charge is 0.414 e. The van der Waals surface area contributed by atoms with Gasteiger partial charge in [-0.3, -0.25) is 9.62 Å². The summed E-state index contributed by atoms with van der Waals surface area (Å²) in [7, 11) is -3.05. The van der Waals surface area contributed by atoms with Crippen molar-refractivity contribution < 1.29 is 40.6 Å². The van der Waals surface area contributed by atoms with Gasteiger partial charge in [-0.1, -0.05) is 12.1 Å². The Kier molecular flexibility index (Phi) is 9.44. The molecule has 0 saturated carbocycles. The zero-order valence-electron chi connectivity index (χ0n) is 23.6. The van der Waals surface area contributed by atoms with Gasteiger partial charge in [0.2, 0.25) is 16.3 Å². The lowest BCUT2D eigenvalue weighted by Crippen LogP contribution is -2.48. The second-order valence-electron chi connectivity index (χ2n) is 10.1. The van der Waals surface area contributed by atoms with Crippen molar-refractivity contribution in [2.24, 2.45) is 0 Å². The average Bonchev–Trinajstić information content (AvgIpc) is 2.92. The van der Waals surface area contributed by atoms with Crippen LogP contribution < -0.4 is 18.9 Å². The van der Waals surface area contributed by atoms with E-state index in [2.05, 4.69) is 9.44 Å². The predicted molar refractivity (Wildman–Crippen MR) is 154 cm³/mol. The molecule has 13 nitrogen and oxygen atoms in total. The third-order valence-electron chi connectivity index (χ3n) is 6.93. The molecule has 42 heavy (non-hydrogen) atoms. The van der Waals surface area contributed by atoms with E-state index in [4.69, 9.17) is 9.47 Å². The fraction of sp³-hybridized carbons (Fsp3) is 0.423. The van der Waals surface area contributed by atoms with Crippen LogP contribution in [-0.2, 0) is 26.7 Å². The number of sulfonamides is 1. The number of rotatable bonds is 9. The molecule has 2 aromatic rings. The lowest BCUT2D eigenvalue weighted by molar-refractivity contribution is 0.00976. The van der Waals surface area contributed by atoms with E-state index >= 15 is 4.39 Å². The molecule has 1 fully saturated rings. The standard InChI is InChI=1S/C26H34FN5O8S2/c1-28-42(37,38)29-22-7-5-6-17(24(22)27)14-20-21(16-31-10-12-32(13-11-31)41(4,35)36)19-9-8-18(39-26(34)30(2)3)15-23(19)40-25(20)33/h5-9,15,25,28-29,33H,10-14,16H2,1-4H3. The molecule has 0 radical (unpaired) electrons. The van der Waals surface area contributed by atoms with Crippen molar-refractivity contribution >= 4 is 37.6 Å². The Morgan fingerprint density at radius 2 is 1.83 bits per heavy atom. The normalized spacial score (nSPS) is 18.3. The van der Waals surface area contributed by atoms with Crippen molar-refractivity contribution in [1.82, 2.24) is 18.8 Å². The molecule has 0 aromatic heterocycles. The summed E-state index contributed by atoms with van der Waals surface area (Å²) in [4.78, 5) is 15.3.